The van der Waals surface area contributed by atoms with Gasteiger partial charge in [-0.3, -0.25) is 0 Å². The molecule has 0 aromatic carbocycles. The highest BCUT2D eigenvalue weighted by Crippen LogP contribution is 2.38. The van der Waals surface area contributed by atoms with Crippen molar-refractivity contribution in [3.05, 3.63) is 6.92 Å². The summed E-state index contributed by atoms with van der Waals surface area (Å²) in [6, 6.07) is 0. The van der Waals surface area contributed by atoms with E-state index < -0.39 is 0 Å². The van der Waals surface area contributed by atoms with E-state index in [4.69, 9.17) is 0 Å². The predicted molar refractivity (Wildman–Crippen MR) is 41.1 cm³/mol. The van der Waals surface area contributed by atoms with Crippen LogP contribution < -0.4 is 0 Å². The molecular weight excluding hydrogens is 108 g/mol. The summed E-state index contributed by atoms with van der Waals surface area (Å²) < 4.78 is 0. The van der Waals surface area contributed by atoms with Gasteiger partial charge in [0.25, 0.3) is 0 Å². The topological polar surface area (TPSA) is 0 Å². The third-order valence-electron chi connectivity index (χ3n) is 2.22. The van der Waals surface area contributed by atoms with E-state index in [1.165, 1.54) is 32.1 Å². The Morgan fingerprint density at radius 3 is 2.67 bits per heavy atom. The minimum absolute atomic E-state index is 0.782. The monoisotopic (exact) mass is 125 g/mol. The van der Waals surface area contributed by atoms with Gasteiger partial charge >= 0.3 is 0 Å². The summed E-state index contributed by atoms with van der Waals surface area (Å²) in [5.41, 5.74) is 0. The highest BCUT2D eigenvalue weighted by molar-refractivity contribution is 4.82. The van der Waals surface area contributed by atoms with Crippen LogP contribution in [-0.2, 0) is 0 Å². The zero-order valence-corrected chi connectivity index (χ0v) is 6.40. The molecule has 0 aliphatic heterocycles. The van der Waals surface area contributed by atoms with Crippen LogP contribution in [0.25, 0.3) is 0 Å². The lowest BCUT2D eigenvalue weighted by atomic mass is 10.00. The molecule has 0 bridgehead atoms. The van der Waals surface area contributed by atoms with Crippen LogP contribution in [0, 0.1) is 18.8 Å². The second-order valence-corrected chi connectivity index (χ2v) is 3.24. The molecule has 0 amide bonds. The number of hydrogen-bond donors (Lipinski definition) is 0. The number of unbranched alkanes of at least 4 members (excludes halogenated alkanes) is 1. The summed E-state index contributed by atoms with van der Waals surface area (Å²) in [5, 5.41) is 0. The van der Waals surface area contributed by atoms with Crippen molar-refractivity contribution in [3.63, 3.8) is 0 Å². The predicted octanol–water partition coefficient (Wildman–Crippen LogP) is 3.04. The van der Waals surface area contributed by atoms with Crippen LogP contribution in [0.4, 0.5) is 0 Å². The molecule has 0 heteroatoms. The van der Waals surface area contributed by atoms with Gasteiger partial charge in [-0.2, -0.15) is 0 Å². The zero-order valence-electron chi connectivity index (χ0n) is 6.40. The van der Waals surface area contributed by atoms with Crippen molar-refractivity contribution in [2.45, 2.75) is 39.0 Å². The summed E-state index contributed by atoms with van der Waals surface area (Å²) >= 11 is 0. The van der Waals surface area contributed by atoms with E-state index in [1.54, 1.807) is 0 Å². The molecule has 0 nitrogen and oxygen atoms in total. The molecule has 0 aromatic rings. The first-order valence-corrected chi connectivity index (χ1v) is 4.17. The Labute approximate surface area is 58.7 Å². The van der Waals surface area contributed by atoms with Crippen molar-refractivity contribution in [1.29, 1.82) is 0 Å². The molecule has 1 fully saturated rings. The average molecular weight is 125 g/mol. The maximum Gasteiger partial charge on any atom is -0.0386 e. The van der Waals surface area contributed by atoms with E-state index >= 15 is 0 Å². The van der Waals surface area contributed by atoms with Gasteiger partial charge in [0.2, 0.25) is 0 Å². The van der Waals surface area contributed by atoms with Crippen molar-refractivity contribution in [2.75, 3.05) is 0 Å². The van der Waals surface area contributed by atoms with Gasteiger partial charge in [0.15, 0.2) is 0 Å². The average Bonchev–Trinajstić information content (AvgIpc) is 2.63. The second-order valence-electron chi connectivity index (χ2n) is 3.24. The van der Waals surface area contributed by atoms with Crippen LogP contribution in [-0.4, -0.2) is 0 Å². The minimum atomic E-state index is 0.782. The Morgan fingerprint density at radius 1 is 1.56 bits per heavy atom. The summed E-state index contributed by atoms with van der Waals surface area (Å²) in [6.07, 6.45) is 6.99. The van der Waals surface area contributed by atoms with Crippen molar-refractivity contribution in [2.24, 2.45) is 11.8 Å². The molecule has 0 saturated heterocycles. The van der Waals surface area contributed by atoms with Crippen LogP contribution in [0.15, 0.2) is 0 Å². The Hall–Kier alpha value is 0. The molecule has 1 atom stereocenters. The van der Waals surface area contributed by atoms with Crippen LogP contribution in [0.5, 0.6) is 0 Å². The quantitative estimate of drug-likeness (QED) is 0.541. The smallest absolute Gasteiger partial charge is 0.0386 e. The van der Waals surface area contributed by atoms with Crippen LogP contribution in [0.2, 0.25) is 0 Å². The third kappa shape index (κ3) is 2.38. The Balaban J connectivity index is 1.96. The standard InChI is InChI=1S/C9H17/c1-3-4-5-8(2)9-6-7-9/h8-9H,2-7H2,1H3. The highest BCUT2D eigenvalue weighted by atomic mass is 14.3. The van der Waals surface area contributed by atoms with E-state index in [-0.39, 0.29) is 0 Å². The first-order chi connectivity index (χ1) is 4.34. The molecule has 1 rings (SSSR count). The number of rotatable bonds is 4. The van der Waals surface area contributed by atoms with Gasteiger partial charge in [-0.1, -0.05) is 26.2 Å². The summed E-state index contributed by atoms with van der Waals surface area (Å²) in [7, 11) is 0. The van der Waals surface area contributed by atoms with Gasteiger partial charge in [0.05, 0.1) is 0 Å². The molecule has 1 aliphatic carbocycles. The molecule has 0 N–H and O–H groups in total. The van der Waals surface area contributed by atoms with Crippen molar-refractivity contribution >= 4 is 0 Å². The van der Waals surface area contributed by atoms with Crippen LogP contribution in [0.1, 0.15) is 39.0 Å². The van der Waals surface area contributed by atoms with Gasteiger partial charge in [-0.25, -0.2) is 0 Å². The number of hydrogen-bond acceptors (Lipinski definition) is 0. The summed E-state index contributed by atoms with van der Waals surface area (Å²) in [4.78, 5) is 0. The minimum Gasteiger partial charge on any atom is -0.0654 e. The maximum atomic E-state index is 4.14. The molecule has 1 saturated carbocycles. The molecule has 9 heavy (non-hydrogen) atoms. The van der Waals surface area contributed by atoms with Crippen LogP contribution >= 0.6 is 0 Å². The normalized spacial score (nSPS) is 22.0. The van der Waals surface area contributed by atoms with E-state index in [0.29, 0.717) is 0 Å². The van der Waals surface area contributed by atoms with Gasteiger partial charge < -0.3 is 0 Å². The Bertz CT molecular complexity index is 72.1. The lowest BCUT2D eigenvalue weighted by Gasteiger charge is -2.06. The second kappa shape index (κ2) is 3.24. The zero-order chi connectivity index (χ0) is 6.69. The van der Waals surface area contributed by atoms with E-state index in [2.05, 4.69) is 13.8 Å². The van der Waals surface area contributed by atoms with Crippen molar-refractivity contribution in [3.8, 4) is 0 Å². The molecular formula is C9H17. The van der Waals surface area contributed by atoms with Gasteiger partial charge in [0, 0.05) is 0 Å². The first kappa shape index (κ1) is 7.11. The van der Waals surface area contributed by atoms with Crippen molar-refractivity contribution in [1.82, 2.24) is 0 Å². The summed E-state index contributed by atoms with van der Waals surface area (Å²) in [6.45, 7) is 6.39. The Kier molecular flexibility index (Phi) is 2.56. The maximum absolute atomic E-state index is 4.14. The van der Waals surface area contributed by atoms with Gasteiger partial charge in [-0.15, -0.1) is 0 Å². The van der Waals surface area contributed by atoms with E-state index in [0.717, 1.165) is 11.8 Å². The molecule has 1 unspecified atom stereocenters. The fourth-order valence-corrected chi connectivity index (χ4v) is 1.27. The van der Waals surface area contributed by atoms with Crippen LogP contribution in [0.3, 0.4) is 0 Å². The fraction of sp³-hybridized carbons (Fsp3) is 0.889. The fourth-order valence-electron chi connectivity index (χ4n) is 1.27. The molecule has 0 spiro atoms. The first-order valence-electron chi connectivity index (χ1n) is 4.17. The third-order valence-corrected chi connectivity index (χ3v) is 2.22. The lowest BCUT2D eigenvalue weighted by molar-refractivity contribution is 0.495. The molecule has 0 heterocycles. The molecule has 53 valence electrons. The largest absolute Gasteiger partial charge is 0.0654 e. The van der Waals surface area contributed by atoms with E-state index in [1.807, 2.05) is 0 Å². The lowest BCUT2D eigenvalue weighted by Crippen LogP contribution is -1.95. The summed E-state index contributed by atoms with van der Waals surface area (Å²) in [5.74, 6) is 1.79. The molecule has 1 radical (unpaired) electrons. The van der Waals surface area contributed by atoms with Gasteiger partial charge in [-0.05, 0) is 31.6 Å². The molecule has 1 aliphatic rings. The molecule has 0 aromatic heterocycles. The van der Waals surface area contributed by atoms with E-state index in [9.17, 15) is 0 Å². The van der Waals surface area contributed by atoms with Crippen molar-refractivity contribution < 1.29 is 0 Å². The Morgan fingerprint density at radius 2 is 2.22 bits per heavy atom. The highest BCUT2D eigenvalue weighted by Gasteiger charge is 2.26. The van der Waals surface area contributed by atoms with Gasteiger partial charge in [0.1, 0.15) is 0 Å². The SMILES string of the molecule is [CH2]C(CCCC)C1CC1.